The second-order valence-corrected chi connectivity index (χ2v) is 5.07. The molecule has 1 amide bonds. The molecule has 2 N–H and O–H groups in total. The van der Waals surface area contributed by atoms with Crippen molar-refractivity contribution >= 4 is 28.5 Å². The summed E-state index contributed by atoms with van der Waals surface area (Å²) in [6, 6.07) is 4.73. The molecule has 0 aliphatic heterocycles. The predicted octanol–water partition coefficient (Wildman–Crippen LogP) is 2.65. The molecule has 0 unspecified atom stereocenters. The smallest absolute Gasteiger partial charge is 0.328 e. The summed E-state index contributed by atoms with van der Waals surface area (Å²) in [6.45, 7) is 1.58. The standard InChI is InChI=1S/C13H15NO4S/c1-8(7-11(16)17)12-9(15)5-4-6-10(12)19-13(18)14(2)3/h4-7,15H,1-3H3,(H,16,17). The molecule has 0 saturated carbocycles. The highest BCUT2D eigenvalue weighted by molar-refractivity contribution is 8.13. The Labute approximate surface area is 115 Å². The first-order chi connectivity index (χ1) is 8.82. The summed E-state index contributed by atoms with van der Waals surface area (Å²) < 4.78 is 0. The van der Waals surface area contributed by atoms with Crippen LogP contribution in [-0.2, 0) is 4.79 Å². The third-order valence-electron chi connectivity index (χ3n) is 2.30. The molecular formula is C13H15NO4S. The second kappa shape index (κ2) is 6.29. The number of thioether (sulfide) groups is 1. The van der Waals surface area contributed by atoms with Crippen molar-refractivity contribution in [3.8, 4) is 5.75 Å². The maximum absolute atomic E-state index is 11.7. The number of aromatic hydroxyl groups is 1. The van der Waals surface area contributed by atoms with E-state index in [2.05, 4.69) is 0 Å². The number of allylic oxidation sites excluding steroid dienone is 1. The summed E-state index contributed by atoms with van der Waals surface area (Å²) in [5.74, 6) is -1.15. The van der Waals surface area contributed by atoms with Crippen LogP contribution in [0.3, 0.4) is 0 Å². The molecule has 102 valence electrons. The first-order valence-electron chi connectivity index (χ1n) is 5.45. The van der Waals surface area contributed by atoms with Crippen LogP contribution in [0.15, 0.2) is 29.2 Å². The first-order valence-corrected chi connectivity index (χ1v) is 6.27. The van der Waals surface area contributed by atoms with E-state index >= 15 is 0 Å². The van der Waals surface area contributed by atoms with Gasteiger partial charge in [0, 0.05) is 30.6 Å². The van der Waals surface area contributed by atoms with Crippen LogP contribution in [0.25, 0.3) is 5.57 Å². The monoisotopic (exact) mass is 281 g/mol. The Morgan fingerprint density at radius 1 is 1.32 bits per heavy atom. The number of phenols is 1. The van der Waals surface area contributed by atoms with Crippen molar-refractivity contribution in [1.29, 1.82) is 0 Å². The summed E-state index contributed by atoms with van der Waals surface area (Å²) in [5, 5.41) is 18.4. The lowest BCUT2D eigenvalue weighted by Gasteiger charge is -2.13. The Morgan fingerprint density at radius 2 is 1.95 bits per heavy atom. The average molecular weight is 281 g/mol. The number of nitrogens with zero attached hydrogens (tertiary/aromatic N) is 1. The van der Waals surface area contributed by atoms with Crippen molar-refractivity contribution in [3.05, 3.63) is 29.8 Å². The highest BCUT2D eigenvalue weighted by Crippen LogP contribution is 2.35. The molecular weight excluding hydrogens is 266 g/mol. The molecule has 0 saturated heterocycles. The molecule has 5 nitrogen and oxygen atoms in total. The number of amides is 1. The lowest BCUT2D eigenvalue weighted by Crippen LogP contribution is -2.16. The molecule has 0 aromatic heterocycles. The predicted molar refractivity (Wildman–Crippen MR) is 74.3 cm³/mol. The Bertz CT molecular complexity index is 537. The number of carbonyl (C=O) groups is 2. The molecule has 0 fully saturated rings. The zero-order chi connectivity index (χ0) is 14.6. The van der Waals surface area contributed by atoms with Gasteiger partial charge in [0.2, 0.25) is 0 Å². The van der Waals surface area contributed by atoms with E-state index in [1.54, 1.807) is 33.2 Å². The summed E-state index contributed by atoms with van der Waals surface area (Å²) in [4.78, 5) is 24.3. The van der Waals surface area contributed by atoms with Crippen LogP contribution in [0.5, 0.6) is 5.75 Å². The molecule has 0 heterocycles. The van der Waals surface area contributed by atoms with Crippen LogP contribution >= 0.6 is 11.8 Å². The van der Waals surface area contributed by atoms with Crippen molar-refractivity contribution in [2.45, 2.75) is 11.8 Å². The Hall–Kier alpha value is -1.95. The number of hydrogen-bond donors (Lipinski definition) is 2. The second-order valence-electron chi connectivity index (χ2n) is 4.08. The van der Waals surface area contributed by atoms with Crippen molar-refractivity contribution in [2.75, 3.05) is 14.1 Å². The molecule has 6 heteroatoms. The van der Waals surface area contributed by atoms with Crippen molar-refractivity contribution in [3.63, 3.8) is 0 Å². The lowest BCUT2D eigenvalue weighted by molar-refractivity contribution is -0.131. The Kier molecular flexibility index (Phi) is 5.00. The van der Waals surface area contributed by atoms with Gasteiger partial charge in [-0.25, -0.2) is 4.79 Å². The molecule has 0 bridgehead atoms. The first kappa shape index (κ1) is 15.1. The Morgan fingerprint density at radius 3 is 2.47 bits per heavy atom. The van der Waals surface area contributed by atoms with E-state index in [9.17, 15) is 14.7 Å². The number of aliphatic carboxylic acids is 1. The summed E-state index contributed by atoms with van der Waals surface area (Å²) in [7, 11) is 3.25. The largest absolute Gasteiger partial charge is 0.507 e. The number of hydrogen-bond acceptors (Lipinski definition) is 4. The Balaban J connectivity index is 3.23. The maximum atomic E-state index is 11.7. The normalized spacial score (nSPS) is 11.2. The summed E-state index contributed by atoms with van der Waals surface area (Å²) in [6.07, 6.45) is 0.999. The number of phenolic OH excluding ortho intramolecular Hbond substituents is 1. The maximum Gasteiger partial charge on any atom is 0.328 e. The van der Waals surface area contributed by atoms with Gasteiger partial charge in [0.05, 0.1) is 0 Å². The van der Waals surface area contributed by atoms with Crippen LogP contribution in [0, 0.1) is 0 Å². The minimum Gasteiger partial charge on any atom is -0.507 e. The third-order valence-corrected chi connectivity index (χ3v) is 3.40. The minimum absolute atomic E-state index is 0.0495. The van der Waals surface area contributed by atoms with Crippen molar-refractivity contribution in [2.24, 2.45) is 0 Å². The number of rotatable bonds is 3. The lowest BCUT2D eigenvalue weighted by atomic mass is 10.1. The van der Waals surface area contributed by atoms with E-state index < -0.39 is 5.97 Å². The van der Waals surface area contributed by atoms with Gasteiger partial charge in [-0.1, -0.05) is 6.07 Å². The van der Waals surface area contributed by atoms with Gasteiger partial charge < -0.3 is 15.1 Å². The highest BCUT2D eigenvalue weighted by atomic mass is 32.2. The van der Waals surface area contributed by atoms with Crippen LogP contribution in [0.2, 0.25) is 0 Å². The molecule has 1 aromatic carbocycles. The molecule has 0 spiro atoms. The van der Waals surface area contributed by atoms with E-state index in [1.807, 2.05) is 0 Å². The zero-order valence-electron chi connectivity index (χ0n) is 10.9. The number of carboxylic acids is 1. The van der Waals surface area contributed by atoms with Gasteiger partial charge in [0.1, 0.15) is 5.75 Å². The molecule has 19 heavy (non-hydrogen) atoms. The molecule has 1 aromatic rings. The SMILES string of the molecule is CC(=CC(=O)O)c1c(O)cccc1SC(=O)N(C)C. The number of carboxylic acid groups (broad SMARTS) is 1. The number of benzene rings is 1. The van der Waals surface area contributed by atoms with Crippen molar-refractivity contribution < 1.29 is 19.8 Å². The fraction of sp³-hybridized carbons (Fsp3) is 0.231. The van der Waals surface area contributed by atoms with Crippen LogP contribution in [0.1, 0.15) is 12.5 Å². The fourth-order valence-corrected chi connectivity index (χ4v) is 2.33. The zero-order valence-corrected chi connectivity index (χ0v) is 11.7. The van der Waals surface area contributed by atoms with Crippen molar-refractivity contribution in [1.82, 2.24) is 4.90 Å². The molecule has 0 aliphatic rings. The quantitative estimate of drug-likeness (QED) is 0.658. The van der Waals surface area contributed by atoms with E-state index in [-0.39, 0.29) is 11.0 Å². The van der Waals surface area contributed by atoms with Gasteiger partial charge in [-0.15, -0.1) is 0 Å². The van der Waals surface area contributed by atoms with Gasteiger partial charge in [0.25, 0.3) is 5.24 Å². The fourth-order valence-electron chi connectivity index (χ4n) is 1.44. The van der Waals surface area contributed by atoms with Gasteiger partial charge in [-0.05, 0) is 36.4 Å². The van der Waals surface area contributed by atoms with Gasteiger partial charge in [-0.3, -0.25) is 4.79 Å². The highest BCUT2D eigenvalue weighted by Gasteiger charge is 2.15. The van der Waals surface area contributed by atoms with Crippen LogP contribution in [-0.4, -0.2) is 40.4 Å². The van der Waals surface area contributed by atoms with Crippen LogP contribution in [0.4, 0.5) is 4.79 Å². The number of carbonyl (C=O) groups excluding carboxylic acids is 1. The topological polar surface area (TPSA) is 77.8 Å². The average Bonchev–Trinajstić information content (AvgIpc) is 2.27. The van der Waals surface area contributed by atoms with Crippen LogP contribution < -0.4 is 0 Å². The van der Waals surface area contributed by atoms with E-state index in [0.29, 0.717) is 16.0 Å². The van der Waals surface area contributed by atoms with E-state index in [4.69, 9.17) is 5.11 Å². The van der Waals surface area contributed by atoms with Gasteiger partial charge >= 0.3 is 5.97 Å². The summed E-state index contributed by atoms with van der Waals surface area (Å²) >= 11 is 0.941. The molecule has 0 atom stereocenters. The molecule has 0 aliphatic carbocycles. The third kappa shape index (κ3) is 4.03. The van der Waals surface area contributed by atoms with Gasteiger partial charge in [0.15, 0.2) is 0 Å². The van der Waals surface area contributed by atoms with Gasteiger partial charge in [-0.2, -0.15) is 0 Å². The van der Waals surface area contributed by atoms with E-state index in [0.717, 1.165) is 17.8 Å². The molecule has 0 radical (unpaired) electrons. The minimum atomic E-state index is -1.10. The molecule has 1 rings (SSSR count). The summed E-state index contributed by atoms with van der Waals surface area (Å²) in [5.41, 5.74) is 0.754. The van der Waals surface area contributed by atoms with E-state index in [1.165, 1.54) is 11.0 Å².